The third-order valence-corrected chi connectivity index (χ3v) is 6.08. The Bertz CT molecular complexity index is 1200. The molecule has 0 radical (unpaired) electrons. The number of nitrogens with one attached hydrogen (secondary N) is 2. The quantitative estimate of drug-likeness (QED) is 0.527. The van der Waals surface area contributed by atoms with Crippen LogP contribution >= 0.6 is 0 Å². The first-order valence-corrected chi connectivity index (χ1v) is 9.75. The van der Waals surface area contributed by atoms with Gasteiger partial charge in [-0.15, -0.1) is 0 Å². The predicted molar refractivity (Wildman–Crippen MR) is 110 cm³/mol. The van der Waals surface area contributed by atoms with Gasteiger partial charge in [-0.2, -0.15) is 5.10 Å². The van der Waals surface area contributed by atoms with Gasteiger partial charge in [0.2, 0.25) is 0 Å². The molecular formula is C23H21FN4O. The number of fused-ring (bicyclic) bond motifs is 1. The van der Waals surface area contributed by atoms with Crippen molar-refractivity contribution in [2.45, 2.75) is 25.3 Å². The average molecular weight is 388 g/mol. The Balaban J connectivity index is 1.53. The summed E-state index contributed by atoms with van der Waals surface area (Å²) in [6.07, 6.45) is 6.95. The Morgan fingerprint density at radius 2 is 2.03 bits per heavy atom. The summed E-state index contributed by atoms with van der Waals surface area (Å²) in [5.74, 6) is -0.339. The number of rotatable bonds is 3. The van der Waals surface area contributed by atoms with Crippen LogP contribution in [-0.2, 0) is 5.54 Å². The van der Waals surface area contributed by atoms with Crippen molar-refractivity contribution >= 4 is 16.8 Å². The topological polar surface area (TPSA) is 64.8 Å². The molecule has 0 unspecified atom stereocenters. The standard InChI is InChI=1S/C23H21FN4O/c1-23(19-5-2-3-6-20(19)24)9-4-10-28(23)22(29)18-14-25-21-11-15(7-8-17(18)21)16-12-26-27-13-16/h2-3,5-8,11-14,25H,4,9-10H2,1H3,(H,26,27)/t23-/m1/s1. The van der Waals surface area contributed by atoms with Crippen LogP contribution in [0.3, 0.4) is 0 Å². The molecule has 1 aliphatic heterocycles. The molecule has 3 heterocycles. The van der Waals surface area contributed by atoms with Crippen molar-refractivity contribution in [3.8, 4) is 11.1 Å². The lowest BCUT2D eigenvalue weighted by molar-refractivity contribution is 0.0616. The number of amides is 1. The second kappa shape index (κ2) is 6.58. The third-order valence-electron chi connectivity index (χ3n) is 6.08. The summed E-state index contributed by atoms with van der Waals surface area (Å²) in [6, 6.07) is 12.7. The number of hydrogen-bond donors (Lipinski definition) is 2. The van der Waals surface area contributed by atoms with Crippen LogP contribution in [0.4, 0.5) is 4.39 Å². The van der Waals surface area contributed by atoms with Crippen molar-refractivity contribution in [3.63, 3.8) is 0 Å². The molecule has 1 saturated heterocycles. The summed E-state index contributed by atoms with van der Waals surface area (Å²) in [6.45, 7) is 2.58. The van der Waals surface area contributed by atoms with Gasteiger partial charge in [-0.25, -0.2) is 4.39 Å². The molecule has 0 bridgehead atoms. The van der Waals surface area contributed by atoms with Gasteiger partial charge in [0.1, 0.15) is 5.82 Å². The highest BCUT2D eigenvalue weighted by Crippen LogP contribution is 2.41. The molecule has 146 valence electrons. The van der Waals surface area contributed by atoms with E-state index in [0.717, 1.165) is 34.9 Å². The van der Waals surface area contributed by atoms with Crippen molar-refractivity contribution in [2.75, 3.05) is 6.54 Å². The highest BCUT2D eigenvalue weighted by Gasteiger charge is 2.43. The van der Waals surface area contributed by atoms with Crippen LogP contribution < -0.4 is 0 Å². The van der Waals surface area contributed by atoms with Gasteiger partial charge < -0.3 is 9.88 Å². The molecule has 29 heavy (non-hydrogen) atoms. The lowest BCUT2D eigenvalue weighted by Crippen LogP contribution is -2.43. The van der Waals surface area contributed by atoms with E-state index in [-0.39, 0.29) is 11.7 Å². The Morgan fingerprint density at radius 3 is 2.83 bits per heavy atom. The Labute approximate surface area is 167 Å². The second-order valence-corrected chi connectivity index (χ2v) is 7.76. The minimum atomic E-state index is -0.650. The fraction of sp³-hybridized carbons (Fsp3) is 0.217. The van der Waals surface area contributed by atoms with E-state index in [0.29, 0.717) is 17.7 Å². The minimum absolute atomic E-state index is 0.0736. The van der Waals surface area contributed by atoms with Crippen LogP contribution in [0.2, 0.25) is 0 Å². The number of benzene rings is 2. The third kappa shape index (κ3) is 2.75. The summed E-state index contributed by atoms with van der Waals surface area (Å²) in [4.78, 5) is 18.5. The summed E-state index contributed by atoms with van der Waals surface area (Å²) in [7, 11) is 0. The summed E-state index contributed by atoms with van der Waals surface area (Å²) < 4.78 is 14.5. The van der Waals surface area contributed by atoms with Crippen LogP contribution in [-0.4, -0.2) is 32.5 Å². The summed E-state index contributed by atoms with van der Waals surface area (Å²) in [5, 5.41) is 7.67. The van der Waals surface area contributed by atoms with E-state index in [1.54, 1.807) is 24.5 Å². The molecule has 6 heteroatoms. The van der Waals surface area contributed by atoms with E-state index >= 15 is 0 Å². The first-order chi connectivity index (χ1) is 14.1. The highest BCUT2D eigenvalue weighted by molar-refractivity contribution is 6.07. The Morgan fingerprint density at radius 1 is 1.17 bits per heavy atom. The van der Waals surface area contributed by atoms with E-state index in [2.05, 4.69) is 15.2 Å². The Kier molecular flexibility index (Phi) is 4.01. The molecular weight excluding hydrogens is 367 g/mol. The van der Waals surface area contributed by atoms with Crippen molar-refractivity contribution in [2.24, 2.45) is 0 Å². The minimum Gasteiger partial charge on any atom is -0.360 e. The molecule has 1 amide bonds. The molecule has 5 nitrogen and oxygen atoms in total. The number of H-pyrrole nitrogens is 2. The summed E-state index contributed by atoms with van der Waals surface area (Å²) in [5.41, 5.74) is 3.43. The fourth-order valence-corrected chi connectivity index (χ4v) is 4.50. The van der Waals surface area contributed by atoms with Gasteiger partial charge in [-0.3, -0.25) is 9.89 Å². The molecule has 1 fully saturated rings. The molecule has 1 aliphatic rings. The zero-order chi connectivity index (χ0) is 20.0. The maximum absolute atomic E-state index is 14.5. The smallest absolute Gasteiger partial charge is 0.256 e. The zero-order valence-electron chi connectivity index (χ0n) is 16.1. The number of aromatic nitrogens is 3. The first kappa shape index (κ1) is 17.7. The zero-order valence-corrected chi connectivity index (χ0v) is 16.1. The van der Waals surface area contributed by atoms with E-state index in [1.807, 2.05) is 42.3 Å². The lowest BCUT2D eigenvalue weighted by atomic mass is 9.88. The van der Waals surface area contributed by atoms with Crippen molar-refractivity contribution in [1.82, 2.24) is 20.1 Å². The SMILES string of the molecule is C[C@]1(c2ccccc2F)CCCN1C(=O)c1c[nH]c2cc(-c3cn[nH]c3)ccc12. The van der Waals surface area contributed by atoms with Crippen LogP contribution in [0.25, 0.3) is 22.0 Å². The maximum Gasteiger partial charge on any atom is 0.256 e. The number of hydrogen-bond acceptors (Lipinski definition) is 2. The number of aromatic amines is 2. The van der Waals surface area contributed by atoms with E-state index in [1.165, 1.54) is 6.07 Å². The van der Waals surface area contributed by atoms with Gasteiger partial charge in [-0.05, 0) is 37.5 Å². The molecule has 0 aliphatic carbocycles. The van der Waals surface area contributed by atoms with Crippen LogP contribution in [0.1, 0.15) is 35.7 Å². The fourth-order valence-electron chi connectivity index (χ4n) is 4.50. The van der Waals surface area contributed by atoms with Crippen LogP contribution in [0.5, 0.6) is 0 Å². The van der Waals surface area contributed by atoms with E-state index < -0.39 is 5.54 Å². The van der Waals surface area contributed by atoms with Gasteiger partial charge in [0.05, 0.1) is 17.3 Å². The van der Waals surface area contributed by atoms with E-state index in [4.69, 9.17) is 0 Å². The summed E-state index contributed by atoms with van der Waals surface area (Å²) >= 11 is 0. The maximum atomic E-state index is 14.5. The van der Waals surface area contributed by atoms with Crippen LogP contribution in [0, 0.1) is 5.82 Å². The van der Waals surface area contributed by atoms with Crippen molar-refractivity contribution < 1.29 is 9.18 Å². The molecule has 5 rings (SSSR count). The second-order valence-electron chi connectivity index (χ2n) is 7.76. The van der Waals surface area contributed by atoms with Crippen LogP contribution in [0.15, 0.2) is 61.1 Å². The van der Waals surface area contributed by atoms with Crippen molar-refractivity contribution in [1.29, 1.82) is 0 Å². The number of likely N-dealkylation sites (tertiary alicyclic amines) is 1. The molecule has 2 aromatic carbocycles. The van der Waals surface area contributed by atoms with E-state index in [9.17, 15) is 9.18 Å². The number of halogens is 1. The van der Waals surface area contributed by atoms with Gasteiger partial charge in [-0.1, -0.05) is 30.3 Å². The average Bonchev–Trinajstić information content (AvgIpc) is 3.47. The largest absolute Gasteiger partial charge is 0.360 e. The van der Waals surface area contributed by atoms with Gasteiger partial charge in [0, 0.05) is 41.0 Å². The molecule has 4 aromatic rings. The number of carbonyl (C=O) groups is 1. The van der Waals surface area contributed by atoms with Gasteiger partial charge in [0.25, 0.3) is 5.91 Å². The molecule has 2 N–H and O–H groups in total. The molecule has 2 aromatic heterocycles. The predicted octanol–water partition coefficient (Wildman–Crippen LogP) is 4.85. The molecule has 0 spiro atoms. The monoisotopic (exact) mass is 388 g/mol. The number of nitrogens with zero attached hydrogens (tertiary/aromatic N) is 2. The highest BCUT2D eigenvalue weighted by atomic mass is 19.1. The molecule has 0 saturated carbocycles. The van der Waals surface area contributed by atoms with Gasteiger partial charge >= 0.3 is 0 Å². The lowest BCUT2D eigenvalue weighted by Gasteiger charge is -2.36. The molecule has 1 atom stereocenters. The first-order valence-electron chi connectivity index (χ1n) is 9.75. The number of carbonyl (C=O) groups excluding carboxylic acids is 1. The normalized spacial score (nSPS) is 19.2. The van der Waals surface area contributed by atoms with Gasteiger partial charge in [0.15, 0.2) is 0 Å². The van der Waals surface area contributed by atoms with Crippen molar-refractivity contribution in [3.05, 3.63) is 78.0 Å². The Hall–Kier alpha value is -3.41.